The summed E-state index contributed by atoms with van der Waals surface area (Å²) in [6.07, 6.45) is 1.58. The molecule has 2 aliphatic heterocycles. The number of carbonyl (C=O) groups is 6. The van der Waals surface area contributed by atoms with Gasteiger partial charge in [0, 0.05) is 35.6 Å². The highest BCUT2D eigenvalue weighted by Gasteiger charge is 2.54. The van der Waals surface area contributed by atoms with E-state index in [1.54, 1.807) is 32.3 Å². The number of fused-ring (bicyclic) bond motifs is 1. The van der Waals surface area contributed by atoms with Gasteiger partial charge in [-0.3, -0.25) is 24.1 Å². The van der Waals surface area contributed by atoms with Gasteiger partial charge in [0.1, 0.15) is 38.2 Å². The van der Waals surface area contributed by atoms with Crippen LogP contribution in [0.3, 0.4) is 0 Å². The Bertz CT molecular complexity index is 2980. The number of carboxylic acid groups (broad SMARTS) is 1. The van der Waals surface area contributed by atoms with E-state index in [0.29, 0.717) is 10.7 Å². The number of nitrogens with zero attached hydrogens (tertiary/aromatic N) is 5. The van der Waals surface area contributed by atoms with Crippen LogP contribution in [0.15, 0.2) is 146 Å². The lowest BCUT2D eigenvalue weighted by molar-refractivity contribution is -0.162. The fourth-order valence-corrected chi connectivity index (χ4v) is 12.2. The van der Waals surface area contributed by atoms with Crippen molar-refractivity contribution in [1.82, 2.24) is 24.8 Å². The van der Waals surface area contributed by atoms with E-state index in [9.17, 15) is 33.9 Å². The Hall–Kier alpha value is -7.05. The molecule has 6 aromatic rings. The predicted octanol–water partition coefficient (Wildman–Crippen LogP) is 7.96. The number of benzene rings is 4. The van der Waals surface area contributed by atoms with Crippen LogP contribution in [0.4, 0.5) is 5.13 Å². The molecule has 0 unspecified atom stereocenters. The van der Waals surface area contributed by atoms with Crippen molar-refractivity contribution >= 4 is 105 Å². The predicted molar refractivity (Wildman–Crippen MR) is 277 cm³/mol. The van der Waals surface area contributed by atoms with E-state index in [-0.39, 0.29) is 39.3 Å². The van der Waals surface area contributed by atoms with Gasteiger partial charge in [0.05, 0.1) is 6.20 Å². The van der Waals surface area contributed by atoms with Gasteiger partial charge in [-0.05, 0) is 72.8 Å². The molecule has 73 heavy (non-hydrogen) atoms. The zero-order chi connectivity index (χ0) is 51.9. The zero-order valence-electron chi connectivity index (χ0n) is 39.5. The Morgan fingerprint density at radius 3 is 2.05 bits per heavy atom. The number of hydrogen-bond acceptors (Lipinski definition) is 20. The van der Waals surface area contributed by atoms with Crippen LogP contribution in [0.1, 0.15) is 57.0 Å². The second-order valence-corrected chi connectivity index (χ2v) is 22.1. The molecule has 0 spiro atoms. The molecular formula is C50H45N7O11S5. The molecule has 0 saturated carbocycles. The number of carboxylic acids is 1. The van der Waals surface area contributed by atoms with Gasteiger partial charge in [0.25, 0.3) is 17.3 Å². The quantitative estimate of drug-likeness (QED) is 0.0102. The van der Waals surface area contributed by atoms with Crippen LogP contribution in [0.5, 0.6) is 11.5 Å². The van der Waals surface area contributed by atoms with E-state index >= 15 is 0 Å². The number of amides is 2. The fourth-order valence-electron chi connectivity index (χ4n) is 7.69. The summed E-state index contributed by atoms with van der Waals surface area (Å²) in [4.78, 5) is 91.6. The van der Waals surface area contributed by atoms with Gasteiger partial charge in [-0.2, -0.15) is 0 Å². The number of carbonyl (C=O) groups excluding carboxylic acids is 5. The lowest BCUT2D eigenvalue weighted by atomic mass is 9.77. The van der Waals surface area contributed by atoms with Crippen LogP contribution in [0, 0.1) is 0 Å². The summed E-state index contributed by atoms with van der Waals surface area (Å²) in [6.45, 7) is 7.30. The second kappa shape index (κ2) is 22.8. The number of thiazole rings is 1. The number of anilines is 1. The lowest BCUT2D eigenvalue weighted by Crippen LogP contribution is -2.71. The SMILES string of the molecule is CC(=O)Oc1ccc(S[C@@H](ON=C(C(=O)N[C@@H]2C(=O)N3C(C(=O)O)=C(CSc4cnns4)CS[C@@H]23)c2csc(NC(c3ccccc3)(c3ccccc3)c3ccccc3)n2)C(=O)OC(C)(C)C)cc1OC(C)=O. The molecule has 1 fully saturated rings. The molecular weight excluding hydrogens is 1030 g/mol. The summed E-state index contributed by atoms with van der Waals surface area (Å²) in [5.74, 6) is -4.80. The number of aliphatic carboxylic acids is 1. The number of β-lactam (4-membered cyclic amide) rings is 1. The number of ether oxygens (including phenoxy) is 3. The Morgan fingerprint density at radius 2 is 1.49 bits per heavy atom. The van der Waals surface area contributed by atoms with E-state index in [4.69, 9.17) is 24.0 Å². The molecule has 0 radical (unpaired) electrons. The number of rotatable bonds is 19. The van der Waals surface area contributed by atoms with E-state index in [2.05, 4.69) is 25.4 Å². The van der Waals surface area contributed by atoms with Crippen LogP contribution in [-0.4, -0.2) is 99.9 Å². The summed E-state index contributed by atoms with van der Waals surface area (Å²) in [7, 11) is 0. The molecule has 2 amide bonds. The van der Waals surface area contributed by atoms with Crippen molar-refractivity contribution in [2.45, 2.75) is 71.7 Å². The average molecular weight is 1080 g/mol. The van der Waals surface area contributed by atoms with Crippen molar-refractivity contribution in [1.29, 1.82) is 0 Å². The molecule has 3 atom stereocenters. The van der Waals surface area contributed by atoms with Gasteiger partial charge >= 0.3 is 23.9 Å². The summed E-state index contributed by atoms with van der Waals surface area (Å²) in [5, 5.41) is 26.0. The van der Waals surface area contributed by atoms with Gasteiger partial charge in [-0.25, -0.2) is 14.6 Å². The standard InChI is InChI=1S/C50H45N7O11S5/c1-28(58)65-36-22-21-34(23-37(36)66-29(2)59)72-47(46(64)67-49(3,4)5)68-55-39(42(60)53-40-43(61)57-41(45(62)63)30(26-70-44(40)57)25-69-38-24-51-56-73-38)35-27-71-48(52-35)54-50(31-15-9-6-10-16-31,32-17-11-7-12-18-32)33-19-13-8-14-20-33/h6-24,27,40,44,47H,25-26H2,1-5H3,(H,52,54)(H,53,60)(H,62,63)/t40-,44+,47-/m1/s1. The summed E-state index contributed by atoms with van der Waals surface area (Å²) >= 11 is 5.76. The molecule has 0 bridgehead atoms. The number of aromatic nitrogens is 3. The van der Waals surface area contributed by atoms with Gasteiger partial charge in [-0.15, -0.1) is 40.0 Å². The van der Waals surface area contributed by atoms with E-state index in [1.165, 1.54) is 72.0 Å². The first-order valence-corrected chi connectivity index (χ1v) is 26.7. The Kier molecular flexibility index (Phi) is 16.3. The van der Waals surface area contributed by atoms with E-state index in [0.717, 1.165) is 44.0 Å². The number of esters is 3. The van der Waals surface area contributed by atoms with E-state index in [1.807, 2.05) is 91.0 Å². The highest BCUT2D eigenvalue weighted by molar-refractivity contribution is 8.02. The van der Waals surface area contributed by atoms with Crippen LogP contribution in [-0.2, 0) is 43.9 Å². The van der Waals surface area contributed by atoms with Crippen LogP contribution < -0.4 is 20.1 Å². The number of oxime groups is 1. The minimum atomic E-state index is -1.63. The Labute approximate surface area is 439 Å². The Balaban J connectivity index is 1.17. The maximum Gasteiger partial charge on any atom is 0.361 e. The highest BCUT2D eigenvalue weighted by Crippen LogP contribution is 2.43. The first kappa shape index (κ1) is 52.3. The molecule has 0 aliphatic carbocycles. The summed E-state index contributed by atoms with van der Waals surface area (Å²) in [6, 6.07) is 32.4. The molecule has 8 rings (SSSR count). The maximum atomic E-state index is 14.8. The molecule has 23 heteroatoms. The second-order valence-electron chi connectivity index (χ2n) is 17.0. The minimum absolute atomic E-state index is 0.00758. The van der Waals surface area contributed by atoms with Crippen molar-refractivity contribution in [3.8, 4) is 11.5 Å². The van der Waals surface area contributed by atoms with Gasteiger partial charge < -0.3 is 34.8 Å². The monoisotopic (exact) mass is 1080 g/mol. The molecule has 2 aromatic heterocycles. The topological polar surface area (TPSA) is 238 Å². The normalized spacial score (nSPS) is 16.1. The molecule has 376 valence electrons. The van der Waals surface area contributed by atoms with Gasteiger partial charge in [-0.1, -0.05) is 112 Å². The number of hydrogen-bond donors (Lipinski definition) is 3. The van der Waals surface area contributed by atoms with Crippen LogP contribution >= 0.6 is 58.2 Å². The third-order valence-electron chi connectivity index (χ3n) is 10.6. The number of nitrogens with one attached hydrogen (secondary N) is 2. The smallest absolute Gasteiger partial charge is 0.361 e. The average Bonchev–Trinajstić information content (AvgIpc) is 4.07. The molecule has 2 aliphatic rings. The first-order valence-electron chi connectivity index (χ1n) is 22.2. The van der Waals surface area contributed by atoms with Crippen molar-refractivity contribution < 1.29 is 52.9 Å². The van der Waals surface area contributed by atoms with Crippen molar-refractivity contribution in [3.63, 3.8) is 0 Å². The third-order valence-corrected chi connectivity index (χ3v) is 15.7. The molecule has 4 heterocycles. The zero-order valence-corrected chi connectivity index (χ0v) is 43.6. The summed E-state index contributed by atoms with van der Waals surface area (Å²) < 4.78 is 20.9. The van der Waals surface area contributed by atoms with Crippen molar-refractivity contribution in [2.24, 2.45) is 5.16 Å². The van der Waals surface area contributed by atoms with E-state index < -0.39 is 69.4 Å². The highest BCUT2D eigenvalue weighted by atomic mass is 32.2. The maximum absolute atomic E-state index is 14.8. The molecule has 4 aromatic carbocycles. The largest absolute Gasteiger partial charge is 0.477 e. The molecule has 18 nitrogen and oxygen atoms in total. The third kappa shape index (κ3) is 12.2. The van der Waals surface area contributed by atoms with Crippen LogP contribution in [0.25, 0.3) is 0 Å². The van der Waals surface area contributed by atoms with Gasteiger partial charge in [0.15, 0.2) is 22.3 Å². The first-order chi connectivity index (χ1) is 35.0. The van der Waals surface area contributed by atoms with Crippen molar-refractivity contribution in [2.75, 3.05) is 16.8 Å². The Morgan fingerprint density at radius 1 is 0.877 bits per heavy atom. The molecule has 1 saturated heterocycles. The minimum Gasteiger partial charge on any atom is -0.477 e. The number of thioether (sulfide) groups is 3. The van der Waals surface area contributed by atoms with Crippen LogP contribution in [0.2, 0.25) is 0 Å². The van der Waals surface area contributed by atoms with Crippen molar-refractivity contribution in [3.05, 3.63) is 154 Å². The lowest BCUT2D eigenvalue weighted by Gasteiger charge is -2.49. The van der Waals surface area contributed by atoms with Gasteiger partial charge in [0.2, 0.25) is 0 Å². The summed E-state index contributed by atoms with van der Waals surface area (Å²) in [5.41, 5.74) is -1.11. The molecule has 3 N–H and O–H groups in total. The fraction of sp³-hybridized carbons (Fsp3) is 0.240.